The van der Waals surface area contributed by atoms with E-state index in [9.17, 15) is 4.79 Å². The second-order valence-electron chi connectivity index (χ2n) is 5.63. The predicted octanol–water partition coefficient (Wildman–Crippen LogP) is 0.623. The number of fused-ring (bicyclic) bond motifs is 1. The minimum Gasteiger partial charge on any atom is -0.381 e. The van der Waals surface area contributed by atoms with Gasteiger partial charge in [-0.3, -0.25) is 4.79 Å². The lowest BCUT2D eigenvalue weighted by atomic mass is 9.88. The smallest absolute Gasteiger partial charge is 0.239 e. The molecule has 3 atom stereocenters. The summed E-state index contributed by atoms with van der Waals surface area (Å²) in [6.45, 7) is 4.61. The highest BCUT2D eigenvalue weighted by Crippen LogP contribution is 2.29. The number of likely N-dealkylation sites (tertiary alicyclic amines) is 1. The number of ether oxygens (including phenoxy) is 1. The van der Waals surface area contributed by atoms with Gasteiger partial charge >= 0.3 is 0 Å². The van der Waals surface area contributed by atoms with Crippen molar-refractivity contribution in [1.29, 1.82) is 0 Å². The van der Waals surface area contributed by atoms with Gasteiger partial charge in [0.05, 0.1) is 12.6 Å². The number of amides is 1. The minimum absolute atomic E-state index is 0.0858. The Balaban J connectivity index is 1.58. The fourth-order valence-corrected chi connectivity index (χ4v) is 3.34. The van der Waals surface area contributed by atoms with Crippen molar-refractivity contribution in [2.45, 2.75) is 31.7 Å². The zero-order valence-corrected chi connectivity index (χ0v) is 10.4. The normalized spacial score (nSPS) is 37.9. The average molecular weight is 238 g/mol. The highest BCUT2D eigenvalue weighted by molar-refractivity contribution is 5.82. The van der Waals surface area contributed by atoms with Crippen LogP contribution in [0.15, 0.2) is 0 Å². The molecule has 0 aliphatic carbocycles. The number of nitrogens with one attached hydrogen (secondary N) is 1. The van der Waals surface area contributed by atoms with Crippen LogP contribution >= 0.6 is 0 Å². The van der Waals surface area contributed by atoms with Gasteiger partial charge in [0.1, 0.15) is 0 Å². The van der Waals surface area contributed by atoms with Crippen LogP contribution in [0.2, 0.25) is 0 Å². The molecule has 0 aromatic carbocycles. The van der Waals surface area contributed by atoms with Gasteiger partial charge in [0.2, 0.25) is 5.91 Å². The molecule has 0 aromatic heterocycles. The summed E-state index contributed by atoms with van der Waals surface area (Å²) in [5.41, 5.74) is 0. The number of carbonyl (C=O) groups is 1. The lowest BCUT2D eigenvalue weighted by Crippen LogP contribution is -2.52. The highest BCUT2D eigenvalue weighted by Gasteiger charge is 2.37. The van der Waals surface area contributed by atoms with Gasteiger partial charge in [-0.25, -0.2) is 0 Å². The molecular weight excluding hydrogens is 216 g/mol. The fraction of sp³-hybridized carbons (Fsp3) is 0.923. The van der Waals surface area contributed by atoms with Crippen LogP contribution < -0.4 is 5.32 Å². The maximum absolute atomic E-state index is 12.4. The number of rotatable bonds is 1. The van der Waals surface area contributed by atoms with Crippen molar-refractivity contribution in [3.63, 3.8) is 0 Å². The van der Waals surface area contributed by atoms with Gasteiger partial charge in [-0.2, -0.15) is 0 Å². The number of carbonyl (C=O) groups excluding carboxylic acids is 1. The summed E-state index contributed by atoms with van der Waals surface area (Å²) < 4.78 is 5.51. The van der Waals surface area contributed by atoms with Crippen LogP contribution in [-0.2, 0) is 9.53 Å². The van der Waals surface area contributed by atoms with E-state index in [1.807, 2.05) is 0 Å². The van der Waals surface area contributed by atoms with Crippen molar-refractivity contribution < 1.29 is 9.53 Å². The predicted molar refractivity (Wildman–Crippen MR) is 64.6 cm³/mol. The van der Waals surface area contributed by atoms with E-state index >= 15 is 0 Å². The van der Waals surface area contributed by atoms with Crippen LogP contribution in [0.25, 0.3) is 0 Å². The monoisotopic (exact) mass is 238 g/mol. The molecule has 0 radical (unpaired) electrons. The van der Waals surface area contributed by atoms with E-state index in [0.717, 1.165) is 45.7 Å². The third-order valence-electron chi connectivity index (χ3n) is 4.48. The summed E-state index contributed by atoms with van der Waals surface area (Å²) in [7, 11) is 0. The zero-order chi connectivity index (χ0) is 11.7. The molecule has 3 rings (SSSR count). The van der Waals surface area contributed by atoms with E-state index in [1.165, 1.54) is 12.8 Å². The Morgan fingerprint density at radius 2 is 2.06 bits per heavy atom. The van der Waals surface area contributed by atoms with Gasteiger partial charge in [0.25, 0.3) is 0 Å². The third kappa shape index (κ3) is 2.33. The minimum atomic E-state index is 0.0858. The van der Waals surface area contributed by atoms with Gasteiger partial charge in [-0.15, -0.1) is 0 Å². The maximum Gasteiger partial charge on any atom is 0.239 e. The van der Waals surface area contributed by atoms with Crippen LogP contribution in [0.5, 0.6) is 0 Å². The summed E-state index contributed by atoms with van der Waals surface area (Å²) >= 11 is 0. The first-order valence-electron chi connectivity index (χ1n) is 6.94. The lowest BCUT2D eigenvalue weighted by Gasteiger charge is -2.37. The molecule has 4 nitrogen and oxygen atoms in total. The van der Waals surface area contributed by atoms with Crippen molar-refractivity contribution in [2.75, 3.05) is 32.8 Å². The van der Waals surface area contributed by atoms with Gasteiger partial charge in [-0.1, -0.05) is 6.42 Å². The van der Waals surface area contributed by atoms with E-state index in [-0.39, 0.29) is 6.04 Å². The first-order chi connectivity index (χ1) is 8.34. The van der Waals surface area contributed by atoms with E-state index < -0.39 is 0 Å². The molecule has 17 heavy (non-hydrogen) atoms. The molecule has 96 valence electrons. The van der Waals surface area contributed by atoms with E-state index in [2.05, 4.69) is 10.2 Å². The lowest BCUT2D eigenvalue weighted by molar-refractivity contribution is -0.136. The highest BCUT2D eigenvalue weighted by atomic mass is 16.5. The molecule has 1 N–H and O–H groups in total. The van der Waals surface area contributed by atoms with Crippen LogP contribution in [0, 0.1) is 11.8 Å². The van der Waals surface area contributed by atoms with Crippen molar-refractivity contribution in [3.8, 4) is 0 Å². The van der Waals surface area contributed by atoms with Crippen molar-refractivity contribution in [2.24, 2.45) is 11.8 Å². The second kappa shape index (κ2) is 4.94. The van der Waals surface area contributed by atoms with E-state index in [0.29, 0.717) is 17.7 Å². The molecule has 0 spiro atoms. The van der Waals surface area contributed by atoms with Crippen LogP contribution in [0.4, 0.5) is 0 Å². The summed E-state index contributed by atoms with van der Waals surface area (Å²) in [5, 5.41) is 3.35. The molecule has 3 aliphatic rings. The number of piperidine rings is 2. The number of hydrogen-bond acceptors (Lipinski definition) is 3. The topological polar surface area (TPSA) is 41.6 Å². The molecule has 0 unspecified atom stereocenters. The molecule has 4 heteroatoms. The van der Waals surface area contributed by atoms with Gasteiger partial charge in [0.15, 0.2) is 0 Å². The first-order valence-corrected chi connectivity index (χ1v) is 6.94. The van der Waals surface area contributed by atoms with Gasteiger partial charge in [0, 0.05) is 25.6 Å². The summed E-state index contributed by atoms with van der Waals surface area (Å²) in [4.78, 5) is 14.4. The quantitative estimate of drug-likeness (QED) is 0.728. The van der Waals surface area contributed by atoms with Crippen LogP contribution in [0.3, 0.4) is 0 Å². The Bertz CT molecular complexity index is 289. The van der Waals surface area contributed by atoms with Crippen LogP contribution in [-0.4, -0.2) is 49.7 Å². The van der Waals surface area contributed by atoms with Crippen LogP contribution in [0.1, 0.15) is 25.7 Å². The van der Waals surface area contributed by atoms with Gasteiger partial charge < -0.3 is 15.0 Å². The Morgan fingerprint density at radius 1 is 1.18 bits per heavy atom. The Morgan fingerprint density at radius 3 is 2.88 bits per heavy atom. The molecule has 0 saturated carbocycles. The molecular formula is C13H22N2O2. The Kier molecular flexibility index (Phi) is 3.34. The fourth-order valence-electron chi connectivity index (χ4n) is 3.34. The largest absolute Gasteiger partial charge is 0.381 e. The molecule has 3 heterocycles. The standard InChI is InChI=1S/C13H22N2O2/c16-13(12-3-1-2-5-14-12)15-6-4-10-8-17-9-11(10)7-15/h10-12,14H,1-9H2/t10-,11+,12-/m0/s1. The molecule has 0 aromatic rings. The maximum atomic E-state index is 12.4. The summed E-state index contributed by atoms with van der Waals surface area (Å²) in [5.74, 6) is 1.63. The van der Waals surface area contributed by atoms with Crippen molar-refractivity contribution >= 4 is 5.91 Å². The zero-order valence-electron chi connectivity index (χ0n) is 10.4. The molecule has 3 aliphatic heterocycles. The van der Waals surface area contributed by atoms with E-state index in [4.69, 9.17) is 4.74 Å². The summed E-state index contributed by atoms with van der Waals surface area (Å²) in [6.07, 6.45) is 4.54. The van der Waals surface area contributed by atoms with E-state index in [1.54, 1.807) is 0 Å². The Hall–Kier alpha value is -0.610. The molecule has 1 amide bonds. The molecule has 0 bridgehead atoms. The van der Waals surface area contributed by atoms with Gasteiger partial charge in [-0.05, 0) is 31.7 Å². The number of nitrogens with zero attached hydrogens (tertiary/aromatic N) is 1. The summed E-state index contributed by atoms with van der Waals surface area (Å²) in [6, 6.07) is 0.0858. The SMILES string of the molecule is O=C([C@@H]1CCCCN1)N1CC[C@H]2COC[C@H]2C1. The molecule has 3 saturated heterocycles. The van der Waals surface area contributed by atoms with Crippen molar-refractivity contribution in [1.82, 2.24) is 10.2 Å². The second-order valence-corrected chi connectivity index (χ2v) is 5.63. The average Bonchev–Trinajstić information content (AvgIpc) is 2.86. The van der Waals surface area contributed by atoms with Crippen molar-refractivity contribution in [3.05, 3.63) is 0 Å². The third-order valence-corrected chi connectivity index (χ3v) is 4.48. The Labute approximate surface area is 103 Å². The molecule has 3 fully saturated rings. The number of hydrogen-bond donors (Lipinski definition) is 1. The first kappa shape index (κ1) is 11.5.